The van der Waals surface area contributed by atoms with Crippen LogP contribution in [-0.4, -0.2) is 27.5 Å². The van der Waals surface area contributed by atoms with Crippen LogP contribution in [0.1, 0.15) is 30.0 Å². The Morgan fingerprint density at radius 2 is 1.83 bits per heavy atom. The van der Waals surface area contributed by atoms with Gasteiger partial charge in [0.25, 0.3) is 5.91 Å². The molecular weight excluding hydrogens is 404 g/mol. The van der Waals surface area contributed by atoms with Gasteiger partial charge in [0.15, 0.2) is 0 Å². The smallest absolute Gasteiger partial charge is 0.258 e. The fourth-order valence-corrected chi connectivity index (χ4v) is 4.44. The van der Waals surface area contributed by atoms with Crippen LogP contribution in [0.2, 0.25) is 0 Å². The molecule has 8 heteroatoms. The van der Waals surface area contributed by atoms with Crippen LogP contribution in [0.3, 0.4) is 0 Å². The Balaban J connectivity index is 2.03. The van der Waals surface area contributed by atoms with Gasteiger partial charge < -0.3 is 14.1 Å². The molecule has 0 bridgehead atoms. The molecule has 2 aromatic carbocycles. The SMILES string of the molecule is COc1ccc(C(=O)N(Cc2ccco2)c2ccccc2)cc1S(=O)(=O)NC(C)C. The lowest BCUT2D eigenvalue weighted by Gasteiger charge is -2.22. The lowest BCUT2D eigenvalue weighted by Crippen LogP contribution is -2.32. The van der Waals surface area contributed by atoms with Crippen molar-refractivity contribution in [2.24, 2.45) is 0 Å². The lowest BCUT2D eigenvalue weighted by molar-refractivity contribution is 0.0983. The number of amides is 1. The van der Waals surface area contributed by atoms with Gasteiger partial charge in [0, 0.05) is 17.3 Å². The normalized spacial score (nSPS) is 11.5. The second-order valence-corrected chi connectivity index (χ2v) is 8.63. The maximum Gasteiger partial charge on any atom is 0.258 e. The summed E-state index contributed by atoms with van der Waals surface area (Å²) in [5.41, 5.74) is 0.884. The Morgan fingerprint density at radius 1 is 1.10 bits per heavy atom. The van der Waals surface area contributed by atoms with E-state index in [1.807, 2.05) is 30.3 Å². The number of rotatable bonds is 8. The van der Waals surface area contributed by atoms with Crippen LogP contribution < -0.4 is 14.4 Å². The third-order valence-electron chi connectivity index (χ3n) is 4.30. The van der Waals surface area contributed by atoms with E-state index >= 15 is 0 Å². The summed E-state index contributed by atoms with van der Waals surface area (Å²) < 4.78 is 38.7. The number of methoxy groups -OCH3 is 1. The standard InChI is InChI=1S/C22H24N2O5S/c1-16(2)23-30(26,27)21-14-17(11-12-20(21)28-3)22(25)24(15-19-10-7-13-29-19)18-8-5-4-6-9-18/h4-14,16,23H,15H2,1-3H3. The summed E-state index contributed by atoms with van der Waals surface area (Å²) in [6.07, 6.45) is 1.54. The van der Waals surface area contributed by atoms with Crippen molar-refractivity contribution in [1.29, 1.82) is 0 Å². The Morgan fingerprint density at radius 3 is 2.43 bits per heavy atom. The van der Waals surface area contributed by atoms with E-state index in [1.54, 1.807) is 38.3 Å². The summed E-state index contributed by atoms with van der Waals surface area (Å²) in [5, 5.41) is 0. The first kappa shape index (κ1) is 21.6. The number of furan rings is 1. The maximum absolute atomic E-state index is 13.4. The first-order valence-corrected chi connectivity index (χ1v) is 10.9. The average molecular weight is 429 g/mol. The van der Waals surface area contributed by atoms with E-state index in [1.165, 1.54) is 24.1 Å². The Bertz CT molecular complexity index is 1090. The van der Waals surface area contributed by atoms with E-state index in [-0.39, 0.29) is 34.7 Å². The predicted molar refractivity (Wildman–Crippen MR) is 114 cm³/mol. The van der Waals surface area contributed by atoms with E-state index in [0.717, 1.165) is 0 Å². The van der Waals surface area contributed by atoms with Gasteiger partial charge in [0.1, 0.15) is 16.4 Å². The predicted octanol–water partition coefficient (Wildman–Crippen LogP) is 3.82. The molecule has 1 amide bonds. The van der Waals surface area contributed by atoms with Crippen LogP contribution in [0.4, 0.5) is 5.69 Å². The van der Waals surface area contributed by atoms with Gasteiger partial charge in [0.05, 0.1) is 19.9 Å². The Kier molecular flexibility index (Phi) is 6.59. The lowest BCUT2D eigenvalue weighted by atomic mass is 10.1. The molecule has 1 heterocycles. The van der Waals surface area contributed by atoms with Crippen molar-refractivity contribution < 1.29 is 22.4 Å². The molecule has 0 saturated heterocycles. The van der Waals surface area contributed by atoms with E-state index in [0.29, 0.717) is 11.4 Å². The molecule has 30 heavy (non-hydrogen) atoms. The van der Waals surface area contributed by atoms with Crippen LogP contribution >= 0.6 is 0 Å². The zero-order chi connectivity index (χ0) is 21.7. The maximum atomic E-state index is 13.4. The van der Waals surface area contributed by atoms with Crippen molar-refractivity contribution in [3.8, 4) is 5.75 Å². The number of anilines is 1. The summed E-state index contributed by atoms with van der Waals surface area (Å²) in [6.45, 7) is 3.65. The molecule has 0 unspecified atom stereocenters. The van der Waals surface area contributed by atoms with Crippen molar-refractivity contribution in [3.63, 3.8) is 0 Å². The third-order valence-corrected chi connectivity index (χ3v) is 5.98. The second kappa shape index (κ2) is 9.15. The Labute approximate surface area is 176 Å². The van der Waals surface area contributed by atoms with Crippen LogP contribution in [0.15, 0.2) is 76.2 Å². The van der Waals surface area contributed by atoms with Crippen LogP contribution in [0, 0.1) is 0 Å². The largest absolute Gasteiger partial charge is 0.495 e. The van der Waals surface area contributed by atoms with Gasteiger partial charge in [-0.15, -0.1) is 0 Å². The number of ether oxygens (including phenoxy) is 1. The molecule has 0 saturated carbocycles. The minimum absolute atomic E-state index is 0.0874. The van der Waals surface area contributed by atoms with Crippen LogP contribution in [-0.2, 0) is 16.6 Å². The Hall–Kier alpha value is -3.10. The van der Waals surface area contributed by atoms with Gasteiger partial charge >= 0.3 is 0 Å². The summed E-state index contributed by atoms with van der Waals surface area (Å²) >= 11 is 0. The molecule has 1 aromatic heterocycles. The highest BCUT2D eigenvalue weighted by Crippen LogP contribution is 2.27. The highest BCUT2D eigenvalue weighted by Gasteiger charge is 2.25. The first-order valence-electron chi connectivity index (χ1n) is 9.41. The number of hydrogen-bond acceptors (Lipinski definition) is 5. The van der Waals surface area contributed by atoms with Gasteiger partial charge in [-0.1, -0.05) is 18.2 Å². The van der Waals surface area contributed by atoms with Gasteiger partial charge in [-0.25, -0.2) is 13.1 Å². The number of carbonyl (C=O) groups excluding carboxylic acids is 1. The third kappa shape index (κ3) is 4.90. The zero-order valence-electron chi connectivity index (χ0n) is 17.0. The highest BCUT2D eigenvalue weighted by molar-refractivity contribution is 7.89. The molecule has 0 aliphatic carbocycles. The number of benzene rings is 2. The number of hydrogen-bond donors (Lipinski definition) is 1. The molecule has 7 nitrogen and oxygen atoms in total. The van der Waals surface area contributed by atoms with Crippen molar-refractivity contribution >= 4 is 21.6 Å². The summed E-state index contributed by atoms with van der Waals surface area (Å²) in [5.74, 6) is 0.410. The summed E-state index contributed by atoms with van der Waals surface area (Å²) in [4.78, 5) is 14.8. The number of nitrogens with one attached hydrogen (secondary N) is 1. The van der Waals surface area contributed by atoms with E-state index in [2.05, 4.69) is 4.72 Å². The fourth-order valence-electron chi connectivity index (χ4n) is 3.00. The minimum atomic E-state index is -3.86. The second-order valence-electron chi connectivity index (χ2n) is 6.95. The highest BCUT2D eigenvalue weighted by atomic mass is 32.2. The number of sulfonamides is 1. The van der Waals surface area contributed by atoms with Crippen molar-refractivity contribution in [2.75, 3.05) is 12.0 Å². The fraction of sp³-hybridized carbons (Fsp3) is 0.227. The van der Waals surface area contributed by atoms with Gasteiger partial charge in [-0.2, -0.15) is 0 Å². The zero-order valence-corrected chi connectivity index (χ0v) is 17.8. The quantitative estimate of drug-likeness (QED) is 0.589. The molecule has 158 valence electrons. The molecule has 3 aromatic rings. The molecule has 3 rings (SSSR count). The molecular formula is C22H24N2O5S. The van der Waals surface area contributed by atoms with E-state index < -0.39 is 10.0 Å². The van der Waals surface area contributed by atoms with Crippen molar-refractivity contribution in [2.45, 2.75) is 31.3 Å². The van der Waals surface area contributed by atoms with Gasteiger partial charge in [-0.05, 0) is 56.3 Å². The van der Waals surface area contributed by atoms with Crippen LogP contribution in [0.5, 0.6) is 5.75 Å². The van der Waals surface area contributed by atoms with E-state index in [4.69, 9.17) is 9.15 Å². The molecule has 1 N–H and O–H groups in total. The topological polar surface area (TPSA) is 88.8 Å². The molecule has 0 aliphatic heterocycles. The summed E-state index contributed by atoms with van der Waals surface area (Å²) in [6, 6.07) is 16.7. The molecule has 0 radical (unpaired) electrons. The molecule has 0 aliphatic rings. The molecule has 0 atom stereocenters. The van der Waals surface area contributed by atoms with E-state index in [9.17, 15) is 13.2 Å². The van der Waals surface area contributed by atoms with Crippen molar-refractivity contribution in [3.05, 3.63) is 78.3 Å². The minimum Gasteiger partial charge on any atom is -0.495 e. The van der Waals surface area contributed by atoms with Crippen molar-refractivity contribution in [1.82, 2.24) is 4.72 Å². The molecule has 0 spiro atoms. The average Bonchev–Trinajstić information content (AvgIpc) is 3.24. The van der Waals surface area contributed by atoms with Gasteiger partial charge in [-0.3, -0.25) is 4.79 Å². The summed E-state index contributed by atoms with van der Waals surface area (Å²) in [7, 11) is -2.48. The number of para-hydroxylation sites is 1. The molecule has 0 fully saturated rings. The number of nitrogens with zero attached hydrogens (tertiary/aromatic N) is 1. The monoisotopic (exact) mass is 428 g/mol. The van der Waals surface area contributed by atoms with Crippen LogP contribution in [0.25, 0.3) is 0 Å². The number of carbonyl (C=O) groups is 1. The first-order chi connectivity index (χ1) is 14.3. The van der Waals surface area contributed by atoms with Gasteiger partial charge in [0.2, 0.25) is 10.0 Å².